The zero-order valence-electron chi connectivity index (χ0n) is 16.7. The van der Waals surface area contributed by atoms with Crippen LogP contribution in [0.3, 0.4) is 0 Å². The summed E-state index contributed by atoms with van der Waals surface area (Å²) < 4.78 is 77.6. The highest BCUT2D eigenvalue weighted by Crippen LogP contribution is 2.36. The molecule has 3 aromatic rings. The Kier molecular flexibility index (Phi) is 6.70. The van der Waals surface area contributed by atoms with Crippen LogP contribution in [0.15, 0.2) is 41.2 Å². The number of carbonyl (C=O) groups is 1. The van der Waals surface area contributed by atoms with Gasteiger partial charge in [0.05, 0.1) is 40.1 Å². The van der Waals surface area contributed by atoms with Crippen molar-refractivity contribution in [3.8, 4) is 0 Å². The van der Waals surface area contributed by atoms with Gasteiger partial charge in [0.1, 0.15) is 5.82 Å². The Balaban J connectivity index is 1.72. The number of aromatic nitrogens is 2. The first-order valence-electron chi connectivity index (χ1n) is 9.19. The third kappa shape index (κ3) is 6.02. The zero-order chi connectivity index (χ0) is 24.6. The van der Waals surface area contributed by atoms with E-state index in [0.717, 1.165) is 24.3 Å². The maximum absolute atomic E-state index is 12.9. The highest BCUT2D eigenvalue weighted by atomic mass is 35.5. The Morgan fingerprint density at radius 1 is 1.09 bits per heavy atom. The summed E-state index contributed by atoms with van der Waals surface area (Å²) in [4.78, 5) is 32.2. The summed E-state index contributed by atoms with van der Waals surface area (Å²) in [6.07, 6.45) is -9.31. The number of H-pyrrole nitrogens is 1. The highest BCUT2D eigenvalue weighted by molar-refractivity contribution is 6.31. The van der Waals surface area contributed by atoms with Gasteiger partial charge in [0, 0.05) is 5.69 Å². The van der Waals surface area contributed by atoms with Gasteiger partial charge in [-0.1, -0.05) is 11.6 Å². The summed E-state index contributed by atoms with van der Waals surface area (Å²) in [5.74, 6) is -0.664. The smallest absolute Gasteiger partial charge is 0.325 e. The summed E-state index contributed by atoms with van der Waals surface area (Å²) in [5.41, 5.74) is -3.01. The van der Waals surface area contributed by atoms with Gasteiger partial charge in [-0.2, -0.15) is 26.3 Å². The molecule has 0 radical (unpaired) electrons. The van der Waals surface area contributed by atoms with Crippen LogP contribution in [0.25, 0.3) is 10.9 Å². The second-order valence-electron chi connectivity index (χ2n) is 7.16. The monoisotopic (exact) mass is 492 g/mol. The molecule has 0 aliphatic carbocycles. The first-order chi connectivity index (χ1) is 15.2. The van der Waals surface area contributed by atoms with Crippen LogP contribution in [0.2, 0.25) is 5.02 Å². The first kappa shape index (κ1) is 24.5. The number of alkyl halides is 6. The molecule has 6 nitrogen and oxygen atoms in total. The molecule has 1 aromatic heterocycles. The Morgan fingerprint density at radius 3 is 2.42 bits per heavy atom. The molecule has 0 bridgehead atoms. The molecule has 0 aliphatic rings. The van der Waals surface area contributed by atoms with E-state index in [4.69, 9.17) is 11.6 Å². The summed E-state index contributed by atoms with van der Waals surface area (Å²) in [5, 5.41) is 1.76. The van der Waals surface area contributed by atoms with Crippen molar-refractivity contribution in [1.82, 2.24) is 14.9 Å². The standard InChI is InChI=1S/C20H15ClF6N4O2/c1-31(9-17(32)28-11-3-5-14(21)13(7-11)20(25,26)27)8-16-29-15-6-10(19(22,23)24)2-4-12(15)18(33)30-16/h2-7H,8-9H2,1H3,(H,28,32)(H,29,30,33). The molecular weight excluding hydrogens is 478 g/mol. The SMILES string of the molecule is CN(CC(=O)Nc1ccc(Cl)c(C(F)(F)F)c1)Cc1nc2cc(C(F)(F)F)ccc2c(=O)[nH]1. The second-order valence-corrected chi connectivity index (χ2v) is 7.56. The van der Waals surface area contributed by atoms with Gasteiger partial charge < -0.3 is 10.3 Å². The fourth-order valence-corrected chi connectivity index (χ4v) is 3.24. The third-order valence-corrected chi connectivity index (χ3v) is 4.80. The maximum atomic E-state index is 12.9. The fourth-order valence-electron chi connectivity index (χ4n) is 3.02. The number of rotatable bonds is 5. The lowest BCUT2D eigenvalue weighted by Gasteiger charge is -2.17. The van der Waals surface area contributed by atoms with Crippen LogP contribution >= 0.6 is 11.6 Å². The van der Waals surface area contributed by atoms with E-state index in [1.165, 1.54) is 18.0 Å². The van der Waals surface area contributed by atoms with Crippen molar-refractivity contribution in [3.05, 3.63) is 68.7 Å². The Bertz CT molecular complexity index is 1260. The van der Waals surface area contributed by atoms with Crippen molar-refractivity contribution in [2.45, 2.75) is 18.9 Å². The number of hydrogen-bond donors (Lipinski definition) is 2. The molecule has 2 aromatic carbocycles. The predicted octanol–water partition coefficient (Wildman–Crippen LogP) is 4.68. The van der Waals surface area contributed by atoms with Crippen molar-refractivity contribution in [3.63, 3.8) is 0 Å². The van der Waals surface area contributed by atoms with Gasteiger partial charge in [-0.15, -0.1) is 0 Å². The number of benzene rings is 2. The Labute approximate surface area is 187 Å². The summed E-state index contributed by atoms with van der Waals surface area (Å²) in [6, 6.07) is 5.45. The number of anilines is 1. The van der Waals surface area contributed by atoms with Gasteiger partial charge in [-0.3, -0.25) is 14.5 Å². The quantitative estimate of drug-likeness (QED) is 0.507. The molecule has 0 fully saturated rings. The van der Waals surface area contributed by atoms with Crippen LogP contribution in [0.1, 0.15) is 17.0 Å². The summed E-state index contributed by atoms with van der Waals surface area (Å²) in [7, 11) is 1.46. The van der Waals surface area contributed by atoms with Gasteiger partial charge in [0.15, 0.2) is 0 Å². The van der Waals surface area contributed by atoms with Gasteiger partial charge in [-0.05, 0) is 43.4 Å². The number of hydrogen-bond acceptors (Lipinski definition) is 4. The van der Waals surface area contributed by atoms with E-state index < -0.39 is 40.0 Å². The van der Waals surface area contributed by atoms with Gasteiger partial charge in [0.2, 0.25) is 5.91 Å². The average molecular weight is 493 g/mol. The second kappa shape index (κ2) is 9.02. The minimum Gasteiger partial charge on any atom is -0.325 e. The average Bonchev–Trinajstić information content (AvgIpc) is 2.67. The van der Waals surface area contributed by atoms with Crippen molar-refractivity contribution in [2.24, 2.45) is 0 Å². The first-order valence-corrected chi connectivity index (χ1v) is 9.57. The number of halogens is 7. The number of amides is 1. The summed E-state index contributed by atoms with van der Waals surface area (Å²) >= 11 is 5.54. The van der Waals surface area contributed by atoms with Crippen molar-refractivity contribution in [1.29, 1.82) is 0 Å². The van der Waals surface area contributed by atoms with E-state index in [9.17, 15) is 35.9 Å². The minimum atomic E-state index is -4.70. The number of carbonyl (C=O) groups excluding carboxylic acids is 1. The molecule has 1 amide bonds. The van der Waals surface area contributed by atoms with E-state index in [-0.39, 0.29) is 35.5 Å². The largest absolute Gasteiger partial charge is 0.417 e. The number of nitrogens with one attached hydrogen (secondary N) is 2. The van der Waals surface area contributed by atoms with E-state index in [0.29, 0.717) is 6.07 Å². The molecule has 0 saturated carbocycles. The molecule has 1 heterocycles. The van der Waals surface area contributed by atoms with Crippen molar-refractivity contribution in [2.75, 3.05) is 18.9 Å². The number of aromatic amines is 1. The summed E-state index contributed by atoms with van der Waals surface area (Å²) in [6.45, 7) is -0.433. The molecule has 3 rings (SSSR count). The molecule has 2 N–H and O–H groups in total. The lowest BCUT2D eigenvalue weighted by molar-refractivity contribution is -0.138. The number of likely N-dealkylation sites (N-methyl/N-ethyl adjacent to an activating group) is 1. The molecule has 0 unspecified atom stereocenters. The van der Waals surface area contributed by atoms with Gasteiger partial charge >= 0.3 is 12.4 Å². The van der Waals surface area contributed by atoms with E-state index in [1.54, 1.807) is 0 Å². The van der Waals surface area contributed by atoms with Crippen LogP contribution in [0.5, 0.6) is 0 Å². The number of fused-ring (bicyclic) bond motifs is 1. The molecule has 13 heteroatoms. The zero-order valence-corrected chi connectivity index (χ0v) is 17.5. The van der Waals surface area contributed by atoms with E-state index >= 15 is 0 Å². The topological polar surface area (TPSA) is 78.1 Å². The van der Waals surface area contributed by atoms with E-state index in [1.807, 2.05) is 0 Å². The molecule has 0 aliphatic heterocycles. The molecule has 33 heavy (non-hydrogen) atoms. The molecule has 0 atom stereocenters. The normalized spacial score (nSPS) is 12.4. The van der Waals surface area contributed by atoms with Crippen LogP contribution in [-0.2, 0) is 23.7 Å². The van der Waals surface area contributed by atoms with Crippen molar-refractivity contribution >= 4 is 34.1 Å². The lowest BCUT2D eigenvalue weighted by Crippen LogP contribution is -2.31. The maximum Gasteiger partial charge on any atom is 0.417 e. The molecule has 0 spiro atoms. The van der Waals surface area contributed by atoms with Crippen LogP contribution in [0.4, 0.5) is 32.0 Å². The van der Waals surface area contributed by atoms with Crippen LogP contribution in [-0.4, -0.2) is 34.4 Å². The highest BCUT2D eigenvalue weighted by Gasteiger charge is 2.33. The third-order valence-electron chi connectivity index (χ3n) is 4.47. The number of nitrogens with zero attached hydrogens (tertiary/aromatic N) is 2. The van der Waals surface area contributed by atoms with Crippen LogP contribution < -0.4 is 10.9 Å². The van der Waals surface area contributed by atoms with Crippen LogP contribution in [0, 0.1) is 0 Å². The Hall–Kier alpha value is -3.12. The molecule has 0 saturated heterocycles. The van der Waals surface area contributed by atoms with E-state index in [2.05, 4.69) is 15.3 Å². The minimum absolute atomic E-state index is 0.00738. The van der Waals surface area contributed by atoms with Gasteiger partial charge in [-0.25, -0.2) is 4.98 Å². The predicted molar refractivity (Wildman–Crippen MR) is 109 cm³/mol. The molecule has 176 valence electrons. The Morgan fingerprint density at radius 2 is 1.79 bits per heavy atom. The van der Waals surface area contributed by atoms with Crippen molar-refractivity contribution < 1.29 is 31.1 Å². The molecular formula is C20H15ClF6N4O2. The lowest BCUT2D eigenvalue weighted by atomic mass is 10.1. The van der Waals surface area contributed by atoms with Gasteiger partial charge in [0.25, 0.3) is 5.56 Å². The fraction of sp³-hybridized carbons (Fsp3) is 0.250.